The molecule has 0 saturated carbocycles. The Kier molecular flexibility index (Phi) is 8.18. The van der Waals surface area contributed by atoms with E-state index in [0.29, 0.717) is 36.3 Å². The number of Topliss-reactive ketones (excluding diaryl/α,β-unsaturated/α-hetero) is 1. The Morgan fingerprint density at radius 2 is 1.46 bits per heavy atom. The molecule has 150 valence electrons. The van der Waals surface area contributed by atoms with Crippen molar-refractivity contribution in [2.24, 2.45) is 0 Å². The maximum atomic E-state index is 12.3. The summed E-state index contributed by atoms with van der Waals surface area (Å²) in [5.41, 5.74) is 5.12. The SMILES string of the molecule is COC(C)(C)ONC(=O)CCCCC(=O)c1ccc(-c2ccc(Cl)cc2)cc1. The van der Waals surface area contributed by atoms with Gasteiger partial charge in [0.25, 0.3) is 0 Å². The first kappa shape index (κ1) is 22.1. The number of unbranched alkanes of at least 4 members (excludes halogenated alkanes) is 1. The minimum atomic E-state index is -0.871. The zero-order valence-electron chi connectivity index (χ0n) is 16.5. The van der Waals surface area contributed by atoms with E-state index < -0.39 is 5.79 Å². The number of carbonyl (C=O) groups is 2. The van der Waals surface area contributed by atoms with Crippen molar-refractivity contribution >= 4 is 23.3 Å². The van der Waals surface area contributed by atoms with E-state index in [-0.39, 0.29) is 11.7 Å². The van der Waals surface area contributed by atoms with Crippen LogP contribution in [-0.2, 0) is 14.4 Å². The van der Waals surface area contributed by atoms with Crippen molar-refractivity contribution < 1.29 is 19.2 Å². The Balaban J connectivity index is 1.74. The molecule has 0 aromatic heterocycles. The summed E-state index contributed by atoms with van der Waals surface area (Å²) in [6.45, 7) is 3.40. The second kappa shape index (κ2) is 10.4. The highest BCUT2D eigenvalue weighted by molar-refractivity contribution is 6.30. The minimum absolute atomic E-state index is 0.0693. The quantitative estimate of drug-likeness (QED) is 0.257. The number of halogens is 1. The van der Waals surface area contributed by atoms with Crippen LogP contribution in [0.3, 0.4) is 0 Å². The van der Waals surface area contributed by atoms with E-state index in [9.17, 15) is 9.59 Å². The summed E-state index contributed by atoms with van der Waals surface area (Å²) in [6.07, 6.45) is 1.94. The molecule has 6 heteroatoms. The summed E-state index contributed by atoms with van der Waals surface area (Å²) in [6, 6.07) is 15.1. The Bertz CT molecular complexity index is 785. The van der Waals surface area contributed by atoms with Crippen molar-refractivity contribution in [3.8, 4) is 11.1 Å². The molecule has 0 spiro atoms. The molecule has 0 radical (unpaired) electrons. The molecule has 0 bridgehead atoms. The summed E-state index contributed by atoms with van der Waals surface area (Å²) in [5, 5.41) is 0.693. The molecule has 2 aromatic rings. The van der Waals surface area contributed by atoms with Gasteiger partial charge in [0.15, 0.2) is 11.6 Å². The fourth-order valence-corrected chi connectivity index (χ4v) is 2.60. The van der Waals surface area contributed by atoms with Crippen LogP contribution in [-0.4, -0.2) is 24.6 Å². The highest BCUT2D eigenvalue weighted by Gasteiger charge is 2.18. The summed E-state index contributed by atoms with van der Waals surface area (Å²) in [4.78, 5) is 29.2. The van der Waals surface area contributed by atoms with Gasteiger partial charge in [-0.3, -0.25) is 9.59 Å². The summed E-state index contributed by atoms with van der Waals surface area (Å²) < 4.78 is 5.05. The van der Waals surface area contributed by atoms with Crippen LogP contribution in [0.1, 0.15) is 49.9 Å². The number of ether oxygens (including phenoxy) is 1. The molecule has 0 aliphatic rings. The molecule has 0 aliphatic carbocycles. The normalized spacial score (nSPS) is 11.3. The summed E-state index contributed by atoms with van der Waals surface area (Å²) >= 11 is 5.91. The van der Waals surface area contributed by atoms with E-state index in [1.165, 1.54) is 7.11 Å². The van der Waals surface area contributed by atoms with E-state index in [1.54, 1.807) is 13.8 Å². The molecule has 2 rings (SSSR count). The molecule has 0 aliphatic heterocycles. The molecular weight excluding hydrogens is 378 g/mol. The first-order chi connectivity index (χ1) is 13.3. The van der Waals surface area contributed by atoms with Gasteiger partial charge in [0, 0.05) is 30.5 Å². The van der Waals surface area contributed by atoms with Crippen LogP contribution in [0.5, 0.6) is 0 Å². The van der Waals surface area contributed by atoms with Crippen molar-refractivity contribution in [2.45, 2.75) is 45.3 Å². The second-order valence-electron chi connectivity index (χ2n) is 6.95. The van der Waals surface area contributed by atoms with Crippen molar-refractivity contribution in [3.63, 3.8) is 0 Å². The predicted octanol–water partition coefficient (Wildman–Crippen LogP) is 5.18. The zero-order chi connectivity index (χ0) is 20.6. The van der Waals surface area contributed by atoms with E-state index >= 15 is 0 Å². The molecule has 1 N–H and O–H groups in total. The fourth-order valence-electron chi connectivity index (χ4n) is 2.48. The van der Waals surface area contributed by atoms with Crippen LogP contribution >= 0.6 is 11.6 Å². The molecule has 0 saturated heterocycles. The molecule has 5 nitrogen and oxygen atoms in total. The van der Waals surface area contributed by atoms with Crippen LogP contribution in [0.4, 0.5) is 0 Å². The lowest BCUT2D eigenvalue weighted by Gasteiger charge is -2.22. The van der Waals surface area contributed by atoms with E-state index in [2.05, 4.69) is 5.48 Å². The third kappa shape index (κ3) is 7.08. The lowest BCUT2D eigenvalue weighted by atomic mass is 10.0. The standard InChI is InChI=1S/C22H26ClNO4/c1-22(2,27-3)28-24-21(26)7-5-4-6-20(25)18-10-8-16(9-11-18)17-12-14-19(23)15-13-17/h8-15H,4-7H2,1-3H3,(H,24,26). The molecule has 0 atom stereocenters. The van der Waals surface area contributed by atoms with Gasteiger partial charge in [-0.25, -0.2) is 10.3 Å². The Morgan fingerprint density at radius 3 is 2.04 bits per heavy atom. The van der Waals surface area contributed by atoms with Gasteiger partial charge in [0.2, 0.25) is 5.91 Å². The molecule has 1 amide bonds. The third-order valence-corrected chi connectivity index (χ3v) is 4.60. The molecule has 0 fully saturated rings. The van der Waals surface area contributed by atoms with Crippen molar-refractivity contribution in [3.05, 3.63) is 59.1 Å². The Morgan fingerprint density at radius 1 is 0.929 bits per heavy atom. The van der Waals surface area contributed by atoms with Crippen LogP contribution in [0.25, 0.3) is 11.1 Å². The summed E-state index contributed by atoms with van der Waals surface area (Å²) in [7, 11) is 1.50. The first-order valence-corrected chi connectivity index (χ1v) is 9.60. The highest BCUT2D eigenvalue weighted by Crippen LogP contribution is 2.22. The number of benzene rings is 2. The first-order valence-electron chi connectivity index (χ1n) is 9.22. The van der Waals surface area contributed by atoms with Crippen LogP contribution in [0.2, 0.25) is 5.02 Å². The van der Waals surface area contributed by atoms with E-state index in [0.717, 1.165) is 11.1 Å². The molecule has 28 heavy (non-hydrogen) atoms. The largest absolute Gasteiger partial charge is 0.352 e. The number of methoxy groups -OCH3 is 1. The van der Waals surface area contributed by atoms with Crippen LogP contribution in [0, 0.1) is 0 Å². The molecule has 0 heterocycles. The lowest BCUT2D eigenvalue weighted by molar-refractivity contribution is -0.231. The van der Waals surface area contributed by atoms with Crippen LogP contribution < -0.4 is 5.48 Å². The zero-order valence-corrected chi connectivity index (χ0v) is 17.2. The summed E-state index contributed by atoms with van der Waals surface area (Å²) in [5.74, 6) is -1.03. The van der Waals surface area contributed by atoms with Crippen molar-refractivity contribution in [1.82, 2.24) is 5.48 Å². The maximum Gasteiger partial charge on any atom is 0.243 e. The van der Waals surface area contributed by atoms with Crippen molar-refractivity contribution in [1.29, 1.82) is 0 Å². The fraction of sp³-hybridized carbons (Fsp3) is 0.364. The smallest absolute Gasteiger partial charge is 0.243 e. The lowest BCUT2D eigenvalue weighted by Crippen LogP contribution is -2.37. The Labute approximate surface area is 170 Å². The van der Waals surface area contributed by atoms with Gasteiger partial charge in [-0.05, 0) is 49.9 Å². The number of hydroxylamine groups is 1. The monoisotopic (exact) mass is 403 g/mol. The van der Waals surface area contributed by atoms with Gasteiger partial charge in [-0.15, -0.1) is 0 Å². The number of amides is 1. The van der Waals surface area contributed by atoms with Gasteiger partial charge in [-0.2, -0.15) is 0 Å². The third-order valence-electron chi connectivity index (χ3n) is 4.34. The van der Waals surface area contributed by atoms with E-state index in [1.807, 2.05) is 48.5 Å². The average Bonchev–Trinajstić information content (AvgIpc) is 2.70. The minimum Gasteiger partial charge on any atom is -0.352 e. The van der Waals surface area contributed by atoms with Crippen molar-refractivity contribution in [2.75, 3.05) is 7.11 Å². The molecular formula is C22H26ClNO4. The van der Waals surface area contributed by atoms with Crippen LogP contribution in [0.15, 0.2) is 48.5 Å². The second-order valence-corrected chi connectivity index (χ2v) is 7.38. The van der Waals surface area contributed by atoms with Gasteiger partial charge in [0.1, 0.15) is 0 Å². The number of nitrogens with one attached hydrogen (secondary N) is 1. The number of hydrogen-bond donors (Lipinski definition) is 1. The number of ketones is 1. The molecule has 0 unspecified atom stereocenters. The topological polar surface area (TPSA) is 64.6 Å². The number of hydrogen-bond acceptors (Lipinski definition) is 4. The molecule has 2 aromatic carbocycles. The highest BCUT2D eigenvalue weighted by atomic mass is 35.5. The van der Waals surface area contributed by atoms with Gasteiger partial charge in [0.05, 0.1) is 0 Å². The average molecular weight is 404 g/mol. The number of carbonyl (C=O) groups excluding carboxylic acids is 2. The Hall–Kier alpha value is -2.21. The van der Waals surface area contributed by atoms with Gasteiger partial charge < -0.3 is 4.74 Å². The van der Waals surface area contributed by atoms with Gasteiger partial charge >= 0.3 is 0 Å². The number of rotatable bonds is 10. The van der Waals surface area contributed by atoms with E-state index in [4.69, 9.17) is 21.2 Å². The predicted molar refractivity (Wildman–Crippen MR) is 110 cm³/mol. The maximum absolute atomic E-state index is 12.3. The van der Waals surface area contributed by atoms with Gasteiger partial charge in [-0.1, -0.05) is 48.0 Å².